The van der Waals surface area contributed by atoms with E-state index in [9.17, 15) is 14.6 Å². The Morgan fingerprint density at radius 2 is 2.06 bits per heavy atom. The Balaban J connectivity index is 3.09. The molecule has 0 aromatic heterocycles. The van der Waals surface area contributed by atoms with Crippen LogP contribution in [0.2, 0.25) is 0 Å². The zero-order valence-electron chi connectivity index (χ0n) is 10.4. The lowest BCUT2D eigenvalue weighted by molar-refractivity contribution is 0.173. The Bertz CT molecular complexity index is 383. The topological polar surface area (TPSA) is 55.7 Å². The van der Waals surface area contributed by atoms with E-state index in [1.54, 1.807) is 7.05 Å². The Morgan fingerprint density at radius 3 is 2.59 bits per heavy atom. The molecular weight excluding hydrogens is 223 g/mol. The van der Waals surface area contributed by atoms with Crippen molar-refractivity contribution in [3.63, 3.8) is 0 Å². The van der Waals surface area contributed by atoms with Gasteiger partial charge in [0.2, 0.25) is 0 Å². The normalized spacial score (nSPS) is 13.1. The van der Waals surface area contributed by atoms with Crippen molar-refractivity contribution in [2.45, 2.75) is 12.6 Å². The highest BCUT2D eigenvalue weighted by Gasteiger charge is 2.16. The highest BCUT2D eigenvalue weighted by Crippen LogP contribution is 2.29. The molecule has 0 saturated heterocycles. The average Bonchev–Trinajstić information content (AvgIpc) is 2.22. The van der Waals surface area contributed by atoms with Gasteiger partial charge in [-0.25, -0.2) is 4.39 Å². The van der Waals surface area contributed by atoms with E-state index in [4.69, 9.17) is 0 Å². The lowest BCUT2D eigenvalue weighted by atomic mass is 10.0. The van der Waals surface area contributed by atoms with Crippen LogP contribution in [0.5, 0.6) is 5.75 Å². The number of halogens is 1. The van der Waals surface area contributed by atoms with E-state index in [0.29, 0.717) is 12.1 Å². The van der Waals surface area contributed by atoms with Gasteiger partial charge in [-0.2, -0.15) is 0 Å². The second kappa shape index (κ2) is 5.95. The monoisotopic (exact) mass is 242 g/mol. The SMILES string of the molecule is CNCC(O)c1cc(F)cc(CN(C)C)c1O. The van der Waals surface area contributed by atoms with Crippen molar-refractivity contribution in [1.29, 1.82) is 0 Å². The number of likely N-dealkylation sites (N-methyl/N-ethyl adjacent to an activating group) is 1. The maximum Gasteiger partial charge on any atom is 0.126 e. The number of aromatic hydroxyl groups is 1. The van der Waals surface area contributed by atoms with Crippen molar-refractivity contribution in [3.8, 4) is 5.75 Å². The summed E-state index contributed by atoms with van der Waals surface area (Å²) in [6, 6.07) is 2.45. The van der Waals surface area contributed by atoms with Gasteiger partial charge in [0.15, 0.2) is 0 Å². The fourth-order valence-electron chi connectivity index (χ4n) is 1.70. The quantitative estimate of drug-likeness (QED) is 0.716. The standard InChI is InChI=1S/C12H19FN2O2/c1-14-6-11(16)10-5-9(13)4-8(12(10)17)7-15(2)3/h4-5,11,14,16-17H,6-7H2,1-3H3. The summed E-state index contributed by atoms with van der Waals surface area (Å²) < 4.78 is 13.4. The van der Waals surface area contributed by atoms with E-state index in [1.807, 2.05) is 19.0 Å². The van der Waals surface area contributed by atoms with Crippen molar-refractivity contribution in [2.24, 2.45) is 0 Å². The van der Waals surface area contributed by atoms with E-state index in [-0.39, 0.29) is 17.9 Å². The van der Waals surface area contributed by atoms with E-state index >= 15 is 0 Å². The van der Waals surface area contributed by atoms with Crippen LogP contribution >= 0.6 is 0 Å². The number of aliphatic hydroxyl groups excluding tert-OH is 1. The van der Waals surface area contributed by atoms with Crippen LogP contribution in [0.3, 0.4) is 0 Å². The number of nitrogens with zero attached hydrogens (tertiary/aromatic N) is 1. The molecule has 1 rings (SSSR count). The molecule has 3 N–H and O–H groups in total. The third-order valence-electron chi connectivity index (χ3n) is 2.43. The first kappa shape index (κ1) is 13.9. The van der Waals surface area contributed by atoms with Crippen molar-refractivity contribution in [3.05, 3.63) is 29.1 Å². The van der Waals surface area contributed by atoms with Gasteiger partial charge in [-0.3, -0.25) is 0 Å². The first-order valence-electron chi connectivity index (χ1n) is 5.44. The van der Waals surface area contributed by atoms with Crippen LogP contribution < -0.4 is 5.32 Å². The maximum atomic E-state index is 13.4. The predicted molar refractivity (Wildman–Crippen MR) is 64.3 cm³/mol. The van der Waals surface area contributed by atoms with Crippen LogP contribution in [-0.4, -0.2) is 42.8 Å². The molecule has 0 amide bonds. The molecule has 1 aromatic rings. The fraction of sp³-hybridized carbons (Fsp3) is 0.500. The third kappa shape index (κ3) is 3.66. The number of aliphatic hydroxyl groups is 1. The smallest absolute Gasteiger partial charge is 0.126 e. The number of phenols is 1. The van der Waals surface area contributed by atoms with E-state index in [2.05, 4.69) is 5.32 Å². The molecule has 5 heteroatoms. The van der Waals surface area contributed by atoms with Crippen LogP contribution in [0.4, 0.5) is 4.39 Å². The summed E-state index contributed by atoms with van der Waals surface area (Å²) in [6.07, 6.45) is -0.920. The van der Waals surface area contributed by atoms with Crippen molar-refractivity contribution >= 4 is 0 Å². The highest BCUT2D eigenvalue weighted by atomic mass is 19.1. The van der Waals surface area contributed by atoms with Crippen LogP contribution in [0.15, 0.2) is 12.1 Å². The van der Waals surface area contributed by atoms with E-state index in [1.165, 1.54) is 6.07 Å². The van der Waals surface area contributed by atoms with Crippen molar-refractivity contribution in [2.75, 3.05) is 27.7 Å². The van der Waals surface area contributed by atoms with Gasteiger partial charge in [0, 0.05) is 24.2 Å². The number of phenolic OH excluding ortho intramolecular Hbond substituents is 1. The molecule has 0 spiro atoms. The molecule has 96 valence electrons. The highest BCUT2D eigenvalue weighted by molar-refractivity contribution is 5.42. The van der Waals surface area contributed by atoms with Gasteiger partial charge in [-0.05, 0) is 33.3 Å². The average molecular weight is 242 g/mol. The molecule has 0 heterocycles. The summed E-state index contributed by atoms with van der Waals surface area (Å²) in [4.78, 5) is 1.82. The lowest BCUT2D eigenvalue weighted by Gasteiger charge is -2.17. The van der Waals surface area contributed by atoms with E-state index in [0.717, 1.165) is 6.07 Å². The van der Waals surface area contributed by atoms with Gasteiger partial charge in [0.05, 0.1) is 6.10 Å². The van der Waals surface area contributed by atoms with Gasteiger partial charge in [-0.1, -0.05) is 0 Å². The molecule has 0 fully saturated rings. The number of rotatable bonds is 5. The van der Waals surface area contributed by atoms with Gasteiger partial charge in [0.25, 0.3) is 0 Å². The molecule has 0 aliphatic heterocycles. The summed E-state index contributed by atoms with van der Waals surface area (Å²) in [6.45, 7) is 0.682. The second-order valence-electron chi connectivity index (χ2n) is 4.31. The number of hydrogen-bond acceptors (Lipinski definition) is 4. The number of hydrogen-bond donors (Lipinski definition) is 3. The van der Waals surface area contributed by atoms with Crippen LogP contribution in [0.25, 0.3) is 0 Å². The van der Waals surface area contributed by atoms with Crippen molar-refractivity contribution < 1.29 is 14.6 Å². The molecule has 1 unspecified atom stereocenters. The maximum absolute atomic E-state index is 13.4. The van der Waals surface area contributed by atoms with E-state index < -0.39 is 11.9 Å². The largest absolute Gasteiger partial charge is 0.507 e. The first-order chi connectivity index (χ1) is 7.95. The summed E-state index contributed by atoms with van der Waals surface area (Å²) in [7, 11) is 5.34. The lowest BCUT2D eigenvalue weighted by Crippen LogP contribution is -2.18. The Hall–Kier alpha value is -1.17. The fourth-order valence-corrected chi connectivity index (χ4v) is 1.70. The van der Waals surface area contributed by atoms with Gasteiger partial charge in [-0.15, -0.1) is 0 Å². The Labute approximate surface area is 101 Å². The minimum Gasteiger partial charge on any atom is -0.507 e. The zero-order chi connectivity index (χ0) is 13.0. The van der Waals surface area contributed by atoms with Crippen LogP contribution in [-0.2, 0) is 6.54 Å². The molecular formula is C12H19FN2O2. The summed E-state index contributed by atoms with van der Waals surface area (Å²) >= 11 is 0. The molecule has 17 heavy (non-hydrogen) atoms. The summed E-state index contributed by atoms with van der Waals surface area (Å²) in [5.74, 6) is -0.493. The van der Waals surface area contributed by atoms with Gasteiger partial charge >= 0.3 is 0 Å². The van der Waals surface area contributed by atoms with Crippen LogP contribution in [0, 0.1) is 5.82 Å². The van der Waals surface area contributed by atoms with Crippen molar-refractivity contribution in [1.82, 2.24) is 10.2 Å². The minimum absolute atomic E-state index is 0.0390. The predicted octanol–water partition coefficient (Wildman–Crippen LogP) is 0.846. The first-order valence-corrected chi connectivity index (χ1v) is 5.44. The molecule has 0 bridgehead atoms. The minimum atomic E-state index is -0.920. The number of benzene rings is 1. The summed E-state index contributed by atoms with van der Waals surface area (Å²) in [5, 5.41) is 22.5. The molecule has 1 aromatic carbocycles. The molecule has 0 aliphatic rings. The molecule has 4 nitrogen and oxygen atoms in total. The molecule has 0 saturated carbocycles. The Morgan fingerprint density at radius 1 is 1.41 bits per heavy atom. The third-order valence-corrected chi connectivity index (χ3v) is 2.43. The second-order valence-corrected chi connectivity index (χ2v) is 4.31. The zero-order valence-corrected chi connectivity index (χ0v) is 10.4. The molecule has 0 aliphatic carbocycles. The Kier molecular flexibility index (Phi) is 4.86. The van der Waals surface area contributed by atoms with Gasteiger partial charge in [0.1, 0.15) is 11.6 Å². The molecule has 1 atom stereocenters. The van der Waals surface area contributed by atoms with Gasteiger partial charge < -0.3 is 20.4 Å². The summed E-state index contributed by atoms with van der Waals surface area (Å²) in [5.41, 5.74) is 0.691. The molecule has 0 radical (unpaired) electrons. The number of nitrogens with one attached hydrogen (secondary N) is 1. The van der Waals surface area contributed by atoms with Crippen LogP contribution in [0.1, 0.15) is 17.2 Å².